The van der Waals surface area contributed by atoms with E-state index in [2.05, 4.69) is 12.1 Å². The standard InChI is InChI=1S/C16H23NO2/c17-14-5-3-4-11-10-12(8-9-13(11)14)19-16-7-2-1-6-15(16)18/h8-10,14-16,18H,1-7,17H2. The molecule has 19 heavy (non-hydrogen) atoms. The van der Waals surface area contributed by atoms with E-state index >= 15 is 0 Å². The van der Waals surface area contributed by atoms with Crippen LogP contribution in [0.1, 0.15) is 55.7 Å². The van der Waals surface area contributed by atoms with E-state index in [1.165, 1.54) is 11.1 Å². The molecule has 1 aromatic rings. The zero-order chi connectivity index (χ0) is 13.2. The lowest BCUT2D eigenvalue weighted by Crippen LogP contribution is -2.34. The summed E-state index contributed by atoms with van der Waals surface area (Å²) in [6, 6.07) is 6.41. The van der Waals surface area contributed by atoms with Crippen molar-refractivity contribution in [3.8, 4) is 5.75 Å². The summed E-state index contributed by atoms with van der Waals surface area (Å²) in [5.41, 5.74) is 8.71. The first-order valence-electron chi connectivity index (χ1n) is 7.47. The molecular formula is C16H23NO2. The predicted octanol–water partition coefficient (Wildman–Crippen LogP) is 2.71. The molecule has 0 bridgehead atoms. The van der Waals surface area contributed by atoms with Crippen LogP contribution in [0.15, 0.2) is 18.2 Å². The number of benzene rings is 1. The van der Waals surface area contributed by atoms with Gasteiger partial charge in [0.05, 0.1) is 6.10 Å². The Labute approximate surface area is 114 Å². The maximum absolute atomic E-state index is 9.97. The Morgan fingerprint density at radius 1 is 1.11 bits per heavy atom. The molecule has 1 saturated carbocycles. The first kappa shape index (κ1) is 12.9. The Morgan fingerprint density at radius 2 is 1.95 bits per heavy atom. The molecule has 0 aromatic heterocycles. The number of nitrogens with two attached hydrogens (primary N) is 1. The zero-order valence-corrected chi connectivity index (χ0v) is 11.3. The third kappa shape index (κ3) is 2.77. The summed E-state index contributed by atoms with van der Waals surface area (Å²) in [4.78, 5) is 0. The Hall–Kier alpha value is -1.06. The highest BCUT2D eigenvalue weighted by atomic mass is 16.5. The van der Waals surface area contributed by atoms with Crippen molar-refractivity contribution < 1.29 is 9.84 Å². The number of hydrogen-bond donors (Lipinski definition) is 2. The van der Waals surface area contributed by atoms with E-state index in [1.807, 2.05) is 6.07 Å². The molecule has 0 radical (unpaired) electrons. The second kappa shape index (κ2) is 5.51. The van der Waals surface area contributed by atoms with Crippen molar-refractivity contribution in [3.05, 3.63) is 29.3 Å². The first-order chi connectivity index (χ1) is 9.24. The van der Waals surface area contributed by atoms with Gasteiger partial charge in [0, 0.05) is 6.04 Å². The van der Waals surface area contributed by atoms with E-state index in [0.29, 0.717) is 0 Å². The highest BCUT2D eigenvalue weighted by Crippen LogP contribution is 2.32. The van der Waals surface area contributed by atoms with Crippen molar-refractivity contribution in [2.45, 2.75) is 63.2 Å². The minimum atomic E-state index is -0.313. The van der Waals surface area contributed by atoms with E-state index in [9.17, 15) is 5.11 Å². The van der Waals surface area contributed by atoms with Crippen LogP contribution in [-0.4, -0.2) is 17.3 Å². The number of aliphatic hydroxyl groups is 1. The Balaban J connectivity index is 1.75. The van der Waals surface area contributed by atoms with Gasteiger partial charge in [-0.3, -0.25) is 0 Å². The maximum atomic E-state index is 9.97. The van der Waals surface area contributed by atoms with E-state index < -0.39 is 0 Å². The average molecular weight is 261 g/mol. The van der Waals surface area contributed by atoms with Crippen molar-refractivity contribution in [3.63, 3.8) is 0 Å². The summed E-state index contributed by atoms with van der Waals surface area (Å²) in [5.74, 6) is 0.888. The Bertz CT molecular complexity index is 446. The molecule has 3 unspecified atom stereocenters. The van der Waals surface area contributed by atoms with Gasteiger partial charge in [-0.2, -0.15) is 0 Å². The molecular weight excluding hydrogens is 238 g/mol. The molecule has 2 aliphatic carbocycles. The first-order valence-corrected chi connectivity index (χ1v) is 7.47. The normalized spacial score (nSPS) is 30.7. The van der Waals surface area contributed by atoms with Gasteiger partial charge in [-0.1, -0.05) is 12.5 Å². The van der Waals surface area contributed by atoms with Crippen LogP contribution in [-0.2, 0) is 6.42 Å². The van der Waals surface area contributed by atoms with E-state index in [1.54, 1.807) is 0 Å². The van der Waals surface area contributed by atoms with Gasteiger partial charge in [0.25, 0.3) is 0 Å². The summed E-state index contributed by atoms with van der Waals surface area (Å²) in [7, 11) is 0. The molecule has 0 heterocycles. The number of hydrogen-bond acceptors (Lipinski definition) is 3. The molecule has 1 fully saturated rings. The van der Waals surface area contributed by atoms with E-state index in [4.69, 9.17) is 10.5 Å². The Kier molecular flexibility index (Phi) is 3.76. The van der Waals surface area contributed by atoms with Crippen LogP contribution in [0, 0.1) is 0 Å². The third-order valence-corrected chi connectivity index (χ3v) is 4.43. The van der Waals surface area contributed by atoms with Crippen molar-refractivity contribution in [1.29, 1.82) is 0 Å². The summed E-state index contributed by atoms with van der Waals surface area (Å²) >= 11 is 0. The molecule has 3 nitrogen and oxygen atoms in total. The molecule has 0 amide bonds. The number of aryl methyl sites for hydroxylation is 1. The minimum absolute atomic E-state index is 0.0379. The van der Waals surface area contributed by atoms with Crippen molar-refractivity contribution in [2.75, 3.05) is 0 Å². The molecule has 1 aromatic carbocycles. The fourth-order valence-electron chi connectivity index (χ4n) is 3.29. The molecule has 0 saturated heterocycles. The number of aliphatic hydroxyl groups excluding tert-OH is 1. The summed E-state index contributed by atoms with van der Waals surface area (Å²) < 4.78 is 5.98. The van der Waals surface area contributed by atoms with Crippen LogP contribution in [0.5, 0.6) is 5.75 Å². The minimum Gasteiger partial charge on any atom is -0.488 e. The molecule has 3 rings (SSSR count). The summed E-state index contributed by atoms with van der Waals surface area (Å²) in [5, 5.41) is 9.97. The maximum Gasteiger partial charge on any atom is 0.124 e. The van der Waals surface area contributed by atoms with Gasteiger partial charge in [0.1, 0.15) is 11.9 Å². The quantitative estimate of drug-likeness (QED) is 0.860. The van der Waals surface area contributed by atoms with Crippen LogP contribution in [0.25, 0.3) is 0 Å². The SMILES string of the molecule is NC1CCCc2cc(OC3CCCCC3O)ccc21. The summed E-state index contributed by atoms with van der Waals surface area (Å²) in [6.45, 7) is 0. The molecule has 3 atom stereocenters. The van der Waals surface area contributed by atoms with Crippen LogP contribution in [0.3, 0.4) is 0 Å². The van der Waals surface area contributed by atoms with Gasteiger partial charge < -0.3 is 15.6 Å². The predicted molar refractivity (Wildman–Crippen MR) is 75.2 cm³/mol. The molecule has 3 heteroatoms. The molecule has 0 spiro atoms. The fraction of sp³-hybridized carbons (Fsp3) is 0.625. The van der Waals surface area contributed by atoms with Crippen LogP contribution in [0.4, 0.5) is 0 Å². The van der Waals surface area contributed by atoms with Gasteiger partial charge in [-0.25, -0.2) is 0 Å². The van der Waals surface area contributed by atoms with Crippen LogP contribution < -0.4 is 10.5 Å². The van der Waals surface area contributed by atoms with Crippen molar-refractivity contribution in [1.82, 2.24) is 0 Å². The van der Waals surface area contributed by atoms with Gasteiger partial charge in [-0.15, -0.1) is 0 Å². The molecule has 104 valence electrons. The lowest BCUT2D eigenvalue weighted by Gasteiger charge is -2.29. The number of rotatable bonds is 2. The average Bonchev–Trinajstić information content (AvgIpc) is 2.42. The molecule has 0 aliphatic heterocycles. The summed E-state index contributed by atoms with van der Waals surface area (Å²) in [6.07, 6.45) is 7.05. The fourth-order valence-corrected chi connectivity index (χ4v) is 3.29. The van der Waals surface area contributed by atoms with Crippen LogP contribution in [0.2, 0.25) is 0 Å². The highest BCUT2D eigenvalue weighted by Gasteiger charge is 2.25. The monoisotopic (exact) mass is 261 g/mol. The van der Waals surface area contributed by atoms with Gasteiger partial charge in [-0.05, 0) is 61.8 Å². The second-order valence-corrected chi connectivity index (χ2v) is 5.87. The van der Waals surface area contributed by atoms with Gasteiger partial charge in [0.2, 0.25) is 0 Å². The third-order valence-electron chi connectivity index (χ3n) is 4.43. The molecule has 2 aliphatic rings. The number of fused-ring (bicyclic) bond motifs is 1. The van der Waals surface area contributed by atoms with Crippen molar-refractivity contribution in [2.24, 2.45) is 5.73 Å². The number of ether oxygens (including phenoxy) is 1. The van der Waals surface area contributed by atoms with E-state index in [-0.39, 0.29) is 18.2 Å². The van der Waals surface area contributed by atoms with E-state index in [0.717, 1.165) is 50.7 Å². The Morgan fingerprint density at radius 3 is 2.79 bits per heavy atom. The highest BCUT2D eigenvalue weighted by molar-refractivity contribution is 5.39. The lowest BCUT2D eigenvalue weighted by molar-refractivity contribution is 0.00682. The molecule has 3 N–H and O–H groups in total. The smallest absolute Gasteiger partial charge is 0.124 e. The second-order valence-electron chi connectivity index (χ2n) is 5.87. The van der Waals surface area contributed by atoms with Gasteiger partial charge in [0.15, 0.2) is 0 Å². The van der Waals surface area contributed by atoms with Gasteiger partial charge >= 0.3 is 0 Å². The topological polar surface area (TPSA) is 55.5 Å². The zero-order valence-electron chi connectivity index (χ0n) is 11.3. The van der Waals surface area contributed by atoms with Crippen LogP contribution >= 0.6 is 0 Å². The van der Waals surface area contributed by atoms with Crippen molar-refractivity contribution >= 4 is 0 Å². The lowest BCUT2D eigenvalue weighted by atomic mass is 9.88. The largest absolute Gasteiger partial charge is 0.488 e.